The predicted octanol–water partition coefficient (Wildman–Crippen LogP) is 3.60. The average molecular weight is 472 g/mol. The van der Waals surface area contributed by atoms with Gasteiger partial charge in [-0.05, 0) is 48.0 Å². The fourth-order valence-corrected chi connectivity index (χ4v) is 3.99. The molecule has 0 aromatic heterocycles. The zero-order valence-corrected chi connectivity index (χ0v) is 19.3. The van der Waals surface area contributed by atoms with E-state index in [4.69, 9.17) is 9.47 Å². The molecule has 8 nitrogen and oxygen atoms in total. The maximum absolute atomic E-state index is 13.6. The molecule has 3 aromatic carbocycles. The molecule has 0 aliphatic carbocycles. The quantitative estimate of drug-likeness (QED) is 0.296. The summed E-state index contributed by atoms with van der Waals surface area (Å²) in [4.78, 5) is 53.7. The van der Waals surface area contributed by atoms with Gasteiger partial charge in [0.05, 0.1) is 19.2 Å². The van der Waals surface area contributed by atoms with Gasteiger partial charge in [0.25, 0.3) is 11.8 Å². The Morgan fingerprint density at radius 3 is 2.31 bits per heavy atom. The fraction of sp³-hybridized carbons (Fsp3) is 0.185. The highest BCUT2D eigenvalue weighted by Gasteiger charge is 2.44. The summed E-state index contributed by atoms with van der Waals surface area (Å²) in [7, 11) is 1.51. The molecule has 1 aliphatic rings. The molecule has 8 heteroatoms. The number of hydrogen-bond acceptors (Lipinski definition) is 6. The van der Waals surface area contributed by atoms with Crippen molar-refractivity contribution in [2.45, 2.75) is 25.9 Å². The highest BCUT2D eigenvalue weighted by molar-refractivity contribution is 6.23. The SMILES string of the molecule is COc1cccc(C(=O)N(Cc2ccccc2)C2CC(=O)N(c3ccc(OC(C)=O)cc3)C2=O)c1. The fourth-order valence-electron chi connectivity index (χ4n) is 3.99. The first-order chi connectivity index (χ1) is 16.9. The molecule has 4 rings (SSSR count). The lowest BCUT2D eigenvalue weighted by Crippen LogP contribution is -2.45. The number of methoxy groups -OCH3 is 1. The van der Waals surface area contributed by atoms with E-state index in [0.29, 0.717) is 22.7 Å². The summed E-state index contributed by atoms with van der Waals surface area (Å²) in [6, 6.07) is 21.1. The van der Waals surface area contributed by atoms with Crippen LogP contribution in [0.3, 0.4) is 0 Å². The van der Waals surface area contributed by atoms with Crippen molar-refractivity contribution in [1.29, 1.82) is 0 Å². The molecular formula is C27H24N2O6. The van der Waals surface area contributed by atoms with Crippen LogP contribution >= 0.6 is 0 Å². The Kier molecular flexibility index (Phi) is 6.91. The van der Waals surface area contributed by atoms with Gasteiger partial charge in [-0.2, -0.15) is 0 Å². The molecular weight excluding hydrogens is 448 g/mol. The van der Waals surface area contributed by atoms with Crippen LogP contribution in [0.25, 0.3) is 0 Å². The molecule has 1 unspecified atom stereocenters. The molecule has 1 atom stereocenters. The van der Waals surface area contributed by atoms with E-state index < -0.39 is 23.8 Å². The summed E-state index contributed by atoms with van der Waals surface area (Å²) in [6.07, 6.45) is -0.146. The van der Waals surface area contributed by atoms with Gasteiger partial charge in [-0.3, -0.25) is 19.2 Å². The molecule has 178 valence electrons. The molecule has 1 saturated heterocycles. The van der Waals surface area contributed by atoms with Gasteiger partial charge in [-0.25, -0.2) is 4.90 Å². The van der Waals surface area contributed by atoms with Gasteiger partial charge in [0.2, 0.25) is 5.91 Å². The van der Waals surface area contributed by atoms with Gasteiger partial charge in [-0.1, -0.05) is 36.4 Å². The second-order valence-electron chi connectivity index (χ2n) is 8.03. The van der Waals surface area contributed by atoms with Crippen molar-refractivity contribution in [3.8, 4) is 11.5 Å². The Labute approximate surface area is 202 Å². The van der Waals surface area contributed by atoms with Crippen molar-refractivity contribution in [2.75, 3.05) is 12.0 Å². The summed E-state index contributed by atoms with van der Waals surface area (Å²) in [5.74, 6) is -0.960. The summed E-state index contributed by atoms with van der Waals surface area (Å²) in [5, 5.41) is 0. The van der Waals surface area contributed by atoms with Crippen LogP contribution in [-0.2, 0) is 20.9 Å². The lowest BCUT2D eigenvalue weighted by atomic mass is 10.1. The zero-order valence-electron chi connectivity index (χ0n) is 19.3. The number of amides is 3. The van der Waals surface area contributed by atoms with E-state index in [-0.39, 0.29) is 18.9 Å². The first-order valence-corrected chi connectivity index (χ1v) is 11.0. The molecule has 0 N–H and O–H groups in total. The Balaban J connectivity index is 1.65. The van der Waals surface area contributed by atoms with E-state index >= 15 is 0 Å². The van der Waals surface area contributed by atoms with Gasteiger partial charge in [0.1, 0.15) is 17.5 Å². The smallest absolute Gasteiger partial charge is 0.308 e. The minimum absolute atomic E-state index is 0.146. The van der Waals surface area contributed by atoms with Crippen LogP contribution in [0.5, 0.6) is 11.5 Å². The topological polar surface area (TPSA) is 93.2 Å². The van der Waals surface area contributed by atoms with Crippen LogP contribution in [0.1, 0.15) is 29.3 Å². The van der Waals surface area contributed by atoms with Gasteiger partial charge in [0, 0.05) is 19.0 Å². The number of ether oxygens (including phenoxy) is 2. The van der Waals surface area contributed by atoms with E-state index in [9.17, 15) is 19.2 Å². The molecule has 1 aliphatic heterocycles. The standard InChI is InChI=1S/C27H24N2O6/c1-18(30)35-22-13-11-21(12-14-22)29-25(31)16-24(27(29)33)28(17-19-7-4-3-5-8-19)26(32)20-9-6-10-23(15-20)34-2/h3-15,24H,16-17H2,1-2H3. The maximum atomic E-state index is 13.6. The van der Waals surface area contributed by atoms with Crippen LogP contribution < -0.4 is 14.4 Å². The van der Waals surface area contributed by atoms with E-state index in [2.05, 4.69) is 0 Å². The minimum Gasteiger partial charge on any atom is -0.497 e. The van der Waals surface area contributed by atoms with Gasteiger partial charge in [0.15, 0.2) is 0 Å². The van der Waals surface area contributed by atoms with Crippen LogP contribution in [-0.4, -0.2) is 41.7 Å². The first-order valence-electron chi connectivity index (χ1n) is 11.0. The number of carbonyl (C=O) groups excluding carboxylic acids is 4. The molecule has 35 heavy (non-hydrogen) atoms. The van der Waals surface area contributed by atoms with Gasteiger partial charge < -0.3 is 14.4 Å². The van der Waals surface area contributed by atoms with Crippen molar-refractivity contribution >= 4 is 29.4 Å². The van der Waals surface area contributed by atoms with E-state index in [1.807, 2.05) is 30.3 Å². The zero-order chi connectivity index (χ0) is 24.9. The molecule has 1 fully saturated rings. The molecule has 3 aromatic rings. The normalized spacial score (nSPS) is 15.1. The Bertz CT molecular complexity index is 1260. The summed E-state index contributed by atoms with van der Waals surface area (Å²) in [6.45, 7) is 1.44. The van der Waals surface area contributed by atoms with E-state index in [1.54, 1.807) is 24.3 Å². The number of nitrogens with zero attached hydrogens (tertiary/aromatic N) is 2. The van der Waals surface area contributed by atoms with Crippen LogP contribution in [0.4, 0.5) is 5.69 Å². The van der Waals surface area contributed by atoms with Crippen molar-refractivity contribution in [3.05, 3.63) is 90.0 Å². The second-order valence-corrected chi connectivity index (χ2v) is 8.03. The van der Waals surface area contributed by atoms with Crippen molar-refractivity contribution < 1.29 is 28.7 Å². The number of anilines is 1. The number of hydrogen-bond donors (Lipinski definition) is 0. The molecule has 0 saturated carbocycles. The predicted molar refractivity (Wildman–Crippen MR) is 128 cm³/mol. The average Bonchev–Trinajstić information content (AvgIpc) is 3.16. The summed E-state index contributed by atoms with van der Waals surface area (Å²) >= 11 is 0. The number of imide groups is 1. The molecule has 0 bridgehead atoms. The van der Waals surface area contributed by atoms with Gasteiger partial charge >= 0.3 is 5.97 Å². The highest BCUT2D eigenvalue weighted by atomic mass is 16.5. The van der Waals surface area contributed by atoms with Crippen molar-refractivity contribution in [1.82, 2.24) is 4.90 Å². The Hall–Kier alpha value is -4.46. The summed E-state index contributed by atoms with van der Waals surface area (Å²) < 4.78 is 10.3. The third-order valence-electron chi connectivity index (χ3n) is 5.63. The Morgan fingerprint density at radius 2 is 1.66 bits per heavy atom. The van der Waals surface area contributed by atoms with Crippen LogP contribution in [0, 0.1) is 0 Å². The van der Waals surface area contributed by atoms with E-state index in [1.165, 1.54) is 43.2 Å². The monoisotopic (exact) mass is 472 g/mol. The number of benzene rings is 3. The maximum Gasteiger partial charge on any atom is 0.308 e. The minimum atomic E-state index is -0.977. The van der Waals surface area contributed by atoms with Crippen molar-refractivity contribution in [3.63, 3.8) is 0 Å². The summed E-state index contributed by atoms with van der Waals surface area (Å²) in [5.41, 5.74) is 1.52. The molecule has 1 heterocycles. The number of esters is 1. The third-order valence-corrected chi connectivity index (χ3v) is 5.63. The number of carbonyl (C=O) groups is 4. The lowest BCUT2D eigenvalue weighted by molar-refractivity contribution is -0.132. The molecule has 0 radical (unpaired) electrons. The molecule has 3 amide bonds. The van der Waals surface area contributed by atoms with Crippen molar-refractivity contribution in [2.24, 2.45) is 0 Å². The first kappa shape index (κ1) is 23.7. The highest BCUT2D eigenvalue weighted by Crippen LogP contribution is 2.29. The third kappa shape index (κ3) is 5.22. The lowest BCUT2D eigenvalue weighted by Gasteiger charge is -2.28. The largest absolute Gasteiger partial charge is 0.497 e. The van der Waals surface area contributed by atoms with Crippen LogP contribution in [0.15, 0.2) is 78.9 Å². The number of rotatable bonds is 7. The van der Waals surface area contributed by atoms with Gasteiger partial charge in [-0.15, -0.1) is 0 Å². The molecule has 0 spiro atoms. The second kappa shape index (κ2) is 10.2. The van der Waals surface area contributed by atoms with Crippen LogP contribution in [0.2, 0.25) is 0 Å². The Morgan fingerprint density at radius 1 is 0.943 bits per heavy atom. The van der Waals surface area contributed by atoms with E-state index in [0.717, 1.165) is 10.5 Å².